The molecule has 184 valence electrons. The second kappa shape index (κ2) is 12.1. The fourth-order valence-corrected chi connectivity index (χ4v) is 4.04. The SMILES string of the molecule is CCCCCCCC(O)CC1OC(CO)(OC2OC(CO)C(O)C(O)C2O)C(O)C1O. The smallest absolute Gasteiger partial charge is 0.223 e. The average molecular weight is 455 g/mol. The van der Waals surface area contributed by atoms with E-state index in [-0.39, 0.29) is 6.42 Å². The number of ether oxygens (including phenoxy) is 3. The van der Waals surface area contributed by atoms with E-state index >= 15 is 0 Å². The second-order valence-corrected chi connectivity index (χ2v) is 8.47. The Balaban J connectivity index is 1.99. The third kappa shape index (κ3) is 6.33. The molecule has 2 aliphatic heterocycles. The van der Waals surface area contributed by atoms with Gasteiger partial charge in [0.05, 0.1) is 18.8 Å². The van der Waals surface area contributed by atoms with Crippen LogP contribution in [0.25, 0.3) is 0 Å². The molecule has 0 aromatic carbocycles. The van der Waals surface area contributed by atoms with E-state index in [0.717, 1.165) is 32.1 Å². The third-order valence-electron chi connectivity index (χ3n) is 6.04. The van der Waals surface area contributed by atoms with Crippen molar-refractivity contribution in [1.82, 2.24) is 0 Å². The zero-order valence-corrected chi connectivity index (χ0v) is 17.9. The highest BCUT2D eigenvalue weighted by atomic mass is 16.8. The molecule has 0 amide bonds. The number of rotatable bonds is 12. The topological polar surface area (TPSA) is 190 Å². The number of aliphatic hydroxyl groups excluding tert-OH is 8. The first-order valence-electron chi connectivity index (χ1n) is 11.0. The predicted molar refractivity (Wildman–Crippen MR) is 106 cm³/mol. The standard InChI is InChI=1S/C20H38O11/c1-2-3-4-5-6-7-11(23)8-12-15(25)18(28)20(10-22,30-12)31-19-17(27)16(26)14(24)13(9-21)29-19/h11-19,21-28H,2-10H2,1H3. The molecular weight excluding hydrogens is 416 g/mol. The summed E-state index contributed by atoms with van der Waals surface area (Å²) in [5.41, 5.74) is 0. The van der Waals surface area contributed by atoms with Crippen LogP contribution in [0.1, 0.15) is 51.9 Å². The van der Waals surface area contributed by atoms with Crippen molar-refractivity contribution in [2.24, 2.45) is 0 Å². The summed E-state index contributed by atoms with van der Waals surface area (Å²) in [7, 11) is 0. The Morgan fingerprint density at radius 1 is 0.871 bits per heavy atom. The summed E-state index contributed by atoms with van der Waals surface area (Å²) in [4.78, 5) is 0. The molecule has 11 nitrogen and oxygen atoms in total. The Kier molecular flexibility index (Phi) is 10.5. The van der Waals surface area contributed by atoms with Gasteiger partial charge >= 0.3 is 0 Å². The maximum atomic E-state index is 10.5. The number of hydrogen-bond acceptors (Lipinski definition) is 11. The first-order chi connectivity index (χ1) is 14.7. The van der Waals surface area contributed by atoms with E-state index in [2.05, 4.69) is 6.92 Å². The predicted octanol–water partition coefficient (Wildman–Crippen LogP) is -2.28. The fraction of sp³-hybridized carbons (Fsp3) is 1.00. The minimum Gasteiger partial charge on any atom is -0.394 e. The van der Waals surface area contributed by atoms with Gasteiger partial charge in [-0.25, -0.2) is 0 Å². The highest BCUT2D eigenvalue weighted by Crippen LogP contribution is 2.37. The summed E-state index contributed by atoms with van der Waals surface area (Å²) in [6.45, 7) is 0.499. The molecule has 10 unspecified atom stereocenters. The quantitative estimate of drug-likeness (QED) is 0.148. The van der Waals surface area contributed by atoms with Crippen LogP contribution in [0.5, 0.6) is 0 Å². The van der Waals surface area contributed by atoms with Gasteiger partial charge in [0.15, 0.2) is 6.29 Å². The number of unbranched alkanes of at least 4 members (excludes halogenated alkanes) is 4. The second-order valence-electron chi connectivity index (χ2n) is 8.47. The van der Waals surface area contributed by atoms with Crippen molar-refractivity contribution in [3.05, 3.63) is 0 Å². The van der Waals surface area contributed by atoms with Crippen LogP contribution < -0.4 is 0 Å². The maximum absolute atomic E-state index is 10.5. The van der Waals surface area contributed by atoms with Crippen LogP contribution in [0.2, 0.25) is 0 Å². The lowest BCUT2D eigenvalue weighted by Gasteiger charge is -2.43. The van der Waals surface area contributed by atoms with Gasteiger partial charge in [-0.2, -0.15) is 0 Å². The van der Waals surface area contributed by atoms with Gasteiger partial charge in [0.1, 0.15) is 43.2 Å². The zero-order valence-electron chi connectivity index (χ0n) is 17.9. The molecule has 0 aromatic rings. The molecular formula is C20H38O11. The summed E-state index contributed by atoms with van der Waals surface area (Å²) >= 11 is 0. The first kappa shape index (κ1) is 26.8. The van der Waals surface area contributed by atoms with Crippen molar-refractivity contribution in [1.29, 1.82) is 0 Å². The van der Waals surface area contributed by atoms with Crippen molar-refractivity contribution in [2.45, 2.75) is 113 Å². The molecule has 2 heterocycles. The third-order valence-corrected chi connectivity index (χ3v) is 6.04. The van der Waals surface area contributed by atoms with Crippen LogP contribution >= 0.6 is 0 Å². The minimum atomic E-state index is -2.20. The van der Waals surface area contributed by atoms with E-state index in [1.54, 1.807) is 0 Å². The highest BCUT2D eigenvalue weighted by molar-refractivity contribution is 4.99. The summed E-state index contributed by atoms with van der Waals surface area (Å²) < 4.78 is 16.3. The maximum Gasteiger partial charge on any atom is 0.223 e. The fourth-order valence-electron chi connectivity index (χ4n) is 4.04. The molecule has 0 aliphatic carbocycles. The van der Waals surface area contributed by atoms with E-state index < -0.39 is 74.1 Å². The van der Waals surface area contributed by atoms with Crippen molar-refractivity contribution in [2.75, 3.05) is 13.2 Å². The van der Waals surface area contributed by atoms with Gasteiger partial charge in [0.2, 0.25) is 5.79 Å². The van der Waals surface area contributed by atoms with Crippen LogP contribution in [0.15, 0.2) is 0 Å². The van der Waals surface area contributed by atoms with Gasteiger partial charge in [-0.05, 0) is 6.42 Å². The lowest BCUT2D eigenvalue weighted by atomic mass is 9.98. The van der Waals surface area contributed by atoms with Gasteiger partial charge in [-0.3, -0.25) is 0 Å². The number of aliphatic hydroxyl groups is 8. The Morgan fingerprint density at radius 3 is 2.16 bits per heavy atom. The Bertz CT molecular complexity index is 521. The monoisotopic (exact) mass is 454 g/mol. The summed E-state index contributed by atoms with van der Waals surface area (Å²) in [6, 6.07) is 0. The molecule has 2 aliphatic rings. The molecule has 0 spiro atoms. The molecule has 10 atom stereocenters. The van der Waals surface area contributed by atoms with Crippen LogP contribution in [-0.2, 0) is 14.2 Å². The zero-order chi connectivity index (χ0) is 23.2. The number of hydrogen-bond donors (Lipinski definition) is 8. The summed E-state index contributed by atoms with van der Waals surface area (Å²) in [5.74, 6) is -2.20. The molecule has 2 fully saturated rings. The van der Waals surface area contributed by atoms with Gasteiger partial charge < -0.3 is 55.1 Å². The van der Waals surface area contributed by atoms with Crippen LogP contribution in [-0.4, -0.2) is 115 Å². The van der Waals surface area contributed by atoms with E-state index in [1.807, 2.05) is 0 Å². The molecule has 2 rings (SSSR count). The van der Waals surface area contributed by atoms with Crippen molar-refractivity contribution >= 4 is 0 Å². The van der Waals surface area contributed by atoms with Gasteiger partial charge in [0.25, 0.3) is 0 Å². The van der Waals surface area contributed by atoms with Crippen LogP contribution in [0.4, 0.5) is 0 Å². The Hall–Kier alpha value is -0.440. The molecule has 0 bridgehead atoms. The summed E-state index contributed by atoms with van der Waals surface area (Å²) in [6.07, 6.45) is -7.55. The van der Waals surface area contributed by atoms with E-state index in [9.17, 15) is 40.9 Å². The lowest BCUT2D eigenvalue weighted by Crippen LogP contribution is -2.62. The Labute approximate surface area is 181 Å². The molecule has 11 heteroatoms. The van der Waals surface area contributed by atoms with Crippen molar-refractivity contribution in [3.8, 4) is 0 Å². The molecule has 0 radical (unpaired) electrons. The Morgan fingerprint density at radius 2 is 1.55 bits per heavy atom. The van der Waals surface area contributed by atoms with Gasteiger partial charge in [-0.1, -0.05) is 39.0 Å². The van der Waals surface area contributed by atoms with Crippen molar-refractivity contribution in [3.63, 3.8) is 0 Å². The minimum absolute atomic E-state index is 0.00814. The van der Waals surface area contributed by atoms with E-state index in [1.165, 1.54) is 0 Å². The average Bonchev–Trinajstić information content (AvgIpc) is 2.98. The molecule has 31 heavy (non-hydrogen) atoms. The van der Waals surface area contributed by atoms with E-state index in [0.29, 0.717) is 6.42 Å². The van der Waals surface area contributed by atoms with Gasteiger partial charge in [0, 0.05) is 6.42 Å². The van der Waals surface area contributed by atoms with E-state index in [4.69, 9.17) is 14.2 Å². The van der Waals surface area contributed by atoms with Gasteiger partial charge in [-0.15, -0.1) is 0 Å². The highest BCUT2D eigenvalue weighted by Gasteiger charge is 2.58. The lowest BCUT2D eigenvalue weighted by molar-refractivity contribution is -0.383. The molecule has 8 N–H and O–H groups in total. The summed E-state index contributed by atoms with van der Waals surface area (Å²) in [5, 5.41) is 80.2. The van der Waals surface area contributed by atoms with Crippen molar-refractivity contribution < 1.29 is 55.1 Å². The molecule has 2 saturated heterocycles. The normalized spacial score (nSPS) is 42.1. The van der Waals surface area contributed by atoms with Crippen LogP contribution in [0, 0.1) is 0 Å². The molecule has 0 saturated carbocycles. The molecule has 0 aromatic heterocycles. The largest absolute Gasteiger partial charge is 0.394 e. The van der Waals surface area contributed by atoms with Crippen LogP contribution in [0.3, 0.4) is 0 Å². The first-order valence-corrected chi connectivity index (χ1v) is 11.0.